The van der Waals surface area contributed by atoms with Gasteiger partial charge in [-0.25, -0.2) is 0 Å². The Kier molecular flexibility index (Phi) is 1.59. The molecule has 11 heavy (non-hydrogen) atoms. The maximum atomic E-state index is 5.59. The second-order valence-corrected chi connectivity index (χ2v) is 3.39. The van der Waals surface area contributed by atoms with E-state index < -0.39 is 0 Å². The van der Waals surface area contributed by atoms with Crippen molar-refractivity contribution < 1.29 is 0 Å². The average molecular weight is 187 g/mol. The summed E-state index contributed by atoms with van der Waals surface area (Å²) in [7, 11) is 0. The summed E-state index contributed by atoms with van der Waals surface area (Å²) in [6, 6.07) is 1.82. The van der Waals surface area contributed by atoms with Crippen LogP contribution in [0, 0.1) is 0 Å². The third-order valence-corrected chi connectivity index (χ3v) is 2.18. The van der Waals surface area contributed by atoms with Gasteiger partial charge >= 0.3 is 0 Å². The highest BCUT2D eigenvalue weighted by Crippen LogP contribution is 2.23. The molecule has 4 nitrogen and oxygen atoms in total. The van der Waals surface area contributed by atoms with Gasteiger partial charge in [0.1, 0.15) is 0 Å². The number of halogens is 1. The number of hydrogen-bond donors (Lipinski definition) is 1. The van der Waals surface area contributed by atoms with E-state index in [-0.39, 0.29) is 0 Å². The number of aromatic nitrogens is 4. The molecule has 0 aliphatic heterocycles. The van der Waals surface area contributed by atoms with Gasteiger partial charge in [-0.1, -0.05) is 11.3 Å². The molecule has 2 aromatic heterocycles. The quantitative estimate of drug-likeness (QED) is 0.736. The molecule has 2 heterocycles. The molecule has 2 rings (SSSR count). The molecular formula is C5H3ClN4S. The second-order valence-electron chi connectivity index (χ2n) is 1.83. The Bertz CT molecular complexity index is 341. The number of nitrogens with zero attached hydrogens (tertiary/aromatic N) is 3. The largest absolute Gasteiger partial charge is 0.275 e. The van der Waals surface area contributed by atoms with Crippen LogP contribution in [0.3, 0.4) is 0 Å². The van der Waals surface area contributed by atoms with Gasteiger partial charge < -0.3 is 0 Å². The Morgan fingerprint density at radius 2 is 2.36 bits per heavy atom. The fourth-order valence-electron chi connectivity index (χ4n) is 0.689. The molecule has 2 aromatic rings. The maximum absolute atomic E-state index is 5.59. The van der Waals surface area contributed by atoms with Gasteiger partial charge in [-0.2, -0.15) is 5.10 Å². The first-order valence-corrected chi connectivity index (χ1v) is 4.04. The zero-order valence-electron chi connectivity index (χ0n) is 5.28. The van der Waals surface area contributed by atoms with Crippen molar-refractivity contribution in [2.75, 3.05) is 0 Å². The number of nitrogens with one attached hydrogen (secondary N) is 1. The van der Waals surface area contributed by atoms with Crippen molar-refractivity contribution in [3.63, 3.8) is 0 Å². The third kappa shape index (κ3) is 1.24. The van der Waals surface area contributed by atoms with E-state index in [9.17, 15) is 0 Å². The van der Waals surface area contributed by atoms with Crippen molar-refractivity contribution in [3.8, 4) is 10.7 Å². The van der Waals surface area contributed by atoms with Crippen LogP contribution in [-0.4, -0.2) is 20.4 Å². The van der Waals surface area contributed by atoms with Crippen molar-refractivity contribution >= 4 is 22.9 Å². The molecule has 0 fully saturated rings. The lowest BCUT2D eigenvalue weighted by atomic mass is 10.5. The van der Waals surface area contributed by atoms with Gasteiger partial charge in [0.05, 0.1) is 5.69 Å². The molecule has 0 radical (unpaired) electrons. The molecule has 0 aromatic carbocycles. The summed E-state index contributed by atoms with van der Waals surface area (Å²) in [5.41, 5.74) is 0.842. The van der Waals surface area contributed by atoms with Crippen LogP contribution in [0.4, 0.5) is 0 Å². The predicted octanol–water partition coefficient (Wildman–Crippen LogP) is 1.58. The number of H-pyrrole nitrogens is 1. The van der Waals surface area contributed by atoms with E-state index in [1.165, 1.54) is 11.3 Å². The van der Waals surface area contributed by atoms with E-state index in [0.29, 0.717) is 4.47 Å². The average Bonchev–Trinajstić information content (AvgIpc) is 2.55. The predicted molar refractivity (Wildman–Crippen MR) is 42.5 cm³/mol. The molecule has 6 heteroatoms. The van der Waals surface area contributed by atoms with Crippen LogP contribution in [0.15, 0.2) is 12.3 Å². The van der Waals surface area contributed by atoms with Crippen LogP contribution in [0.2, 0.25) is 4.47 Å². The number of hydrogen-bond acceptors (Lipinski definition) is 4. The molecule has 0 atom stereocenters. The summed E-state index contributed by atoms with van der Waals surface area (Å²) >= 11 is 6.91. The third-order valence-electron chi connectivity index (χ3n) is 1.13. The molecule has 0 aliphatic rings. The summed E-state index contributed by atoms with van der Waals surface area (Å²) in [6.07, 6.45) is 1.66. The van der Waals surface area contributed by atoms with Crippen molar-refractivity contribution in [3.05, 3.63) is 16.7 Å². The Labute approximate surface area is 71.2 Å². The highest BCUT2D eigenvalue weighted by Gasteiger charge is 2.04. The molecule has 0 spiro atoms. The normalized spacial score (nSPS) is 10.3. The topological polar surface area (TPSA) is 54.5 Å². The monoisotopic (exact) mass is 186 g/mol. The van der Waals surface area contributed by atoms with Crippen LogP contribution >= 0.6 is 22.9 Å². The fourth-order valence-corrected chi connectivity index (χ4v) is 1.49. The van der Waals surface area contributed by atoms with Gasteiger partial charge in [0.15, 0.2) is 5.01 Å². The minimum absolute atomic E-state index is 0.439. The molecule has 0 saturated carbocycles. The van der Waals surface area contributed by atoms with Crippen LogP contribution in [0.5, 0.6) is 0 Å². The first-order chi connectivity index (χ1) is 5.36. The molecule has 1 N–H and O–H groups in total. The van der Waals surface area contributed by atoms with Gasteiger partial charge in [0.25, 0.3) is 0 Å². The molecule has 0 bridgehead atoms. The standard InChI is InChI=1S/C5H3ClN4S/c6-5-10-9-4(11-5)3-1-2-7-8-3/h1-2H,(H,7,8). The van der Waals surface area contributed by atoms with E-state index >= 15 is 0 Å². The highest BCUT2D eigenvalue weighted by molar-refractivity contribution is 7.18. The Morgan fingerprint density at radius 1 is 1.45 bits per heavy atom. The Balaban J connectivity index is 2.45. The van der Waals surface area contributed by atoms with Gasteiger partial charge in [-0.05, 0) is 17.7 Å². The zero-order chi connectivity index (χ0) is 7.68. The van der Waals surface area contributed by atoms with Gasteiger partial charge in [0.2, 0.25) is 4.47 Å². The van der Waals surface area contributed by atoms with Crippen LogP contribution in [0.1, 0.15) is 0 Å². The van der Waals surface area contributed by atoms with Crippen LogP contribution in [-0.2, 0) is 0 Å². The minimum atomic E-state index is 0.439. The first-order valence-electron chi connectivity index (χ1n) is 2.85. The molecule has 0 amide bonds. The van der Waals surface area contributed by atoms with Crippen LogP contribution in [0.25, 0.3) is 10.7 Å². The lowest BCUT2D eigenvalue weighted by Gasteiger charge is -1.82. The number of rotatable bonds is 1. The fraction of sp³-hybridized carbons (Fsp3) is 0. The summed E-state index contributed by atoms with van der Waals surface area (Å²) in [6.45, 7) is 0. The molecule has 0 saturated heterocycles. The van der Waals surface area contributed by atoms with E-state index in [1.807, 2.05) is 6.07 Å². The van der Waals surface area contributed by atoms with Crippen molar-refractivity contribution in [1.82, 2.24) is 20.4 Å². The van der Waals surface area contributed by atoms with Crippen molar-refractivity contribution in [2.24, 2.45) is 0 Å². The molecule has 0 unspecified atom stereocenters. The van der Waals surface area contributed by atoms with E-state index in [2.05, 4.69) is 20.4 Å². The maximum Gasteiger partial charge on any atom is 0.207 e. The first kappa shape index (κ1) is 6.75. The zero-order valence-corrected chi connectivity index (χ0v) is 6.85. The summed E-state index contributed by atoms with van der Waals surface area (Å²) in [5.74, 6) is 0. The Hall–Kier alpha value is -0.940. The smallest absolute Gasteiger partial charge is 0.207 e. The second kappa shape index (κ2) is 2.60. The van der Waals surface area contributed by atoms with Crippen molar-refractivity contribution in [2.45, 2.75) is 0 Å². The van der Waals surface area contributed by atoms with Gasteiger partial charge in [-0.3, -0.25) is 5.10 Å². The van der Waals surface area contributed by atoms with E-state index in [0.717, 1.165) is 10.7 Å². The summed E-state index contributed by atoms with van der Waals surface area (Å²) in [4.78, 5) is 0. The highest BCUT2D eigenvalue weighted by atomic mass is 35.5. The SMILES string of the molecule is Clc1nnc(-c2ccn[nH]2)s1. The molecular weight excluding hydrogens is 184 g/mol. The van der Waals surface area contributed by atoms with Crippen LogP contribution < -0.4 is 0 Å². The van der Waals surface area contributed by atoms with Gasteiger partial charge in [0, 0.05) is 6.20 Å². The van der Waals surface area contributed by atoms with E-state index in [4.69, 9.17) is 11.6 Å². The molecule has 56 valence electrons. The van der Waals surface area contributed by atoms with Gasteiger partial charge in [-0.15, -0.1) is 10.2 Å². The lowest BCUT2D eigenvalue weighted by Crippen LogP contribution is -1.75. The summed E-state index contributed by atoms with van der Waals surface area (Å²) in [5, 5.41) is 14.8. The van der Waals surface area contributed by atoms with Crippen molar-refractivity contribution in [1.29, 1.82) is 0 Å². The minimum Gasteiger partial charge on any atom is -0.275 e. The van der Waals surface area contributed by atoms with E-state index in [1.54, 1.807) is 6.20 Å². The number of aromatic amines is 1. The Morgan fingerprint density at radius 3 is 2.91 bits per heavy atom. The molecule has 0 aliphatic carbocycles. The lowest BCUT2D eigenvalue weighted by molar-refractivity contribution is 1.06. The summed E-state index contributed by atoms with van der Waals surface area (Å²) < 4.78 is 0.439.